The van der Waals surface area contributed by atoms with Gasteiger partial charge in [-0.25, -0.2) is 19.2 Å². The number of benzene rings is 2. The topological polar surface area (TPSA) is 66.9 Å². The zero-order chi connectivity index (χ0) is 17.9. The smallest absolute Gasteiger partial charge is 0.308 e. The normalized spacial score (nSPS) is 10.7. The molecule has 2 aromatic heterocycles. The summed E-state index contributed by atoms with van der Waals surface area (Å²) >= 11 is 1.48. The van der Waals surface area contributed by atoms with Crippen LogP contribution in [-0.4, -0.2) is 16.0 Å². The molecule has 0 aliphatic carbocycles. The molecule has 0 unspecified atom stereocenters. The zero-order valence-electron chi connectivity index (χ0n) is 13.4. The van der Waals surface area contributed by atoms with Gasteiger partial charge in [0.25, 0.3) is 0 Å². The number of aromatic nitrogens is 2. The molecule has 2 amide bonds. The number of nitrogens with zero attached hydrogens (tertiary/aromatic N) is 2. The fourth-order valence-electron chi connectivity index (χ4n) is 2.47. The van der Waals surface area contributed by atoms with Crippen molar-refractivity contribution in [2.45, 2.75) is 0 Å². The Kier molecular flexibility index (Phi) is 4.28. The lowest BCUT2D eigenvalue weighted by Gasteiger charge is -2.09. The highest BCUT2D eigenvalue weighted by Crippen LogP contribution is 2.30. The lowest BCUT2D eigenvalue weighted by Crippen LogP contribution is -2.20. The highest BCUT2D eigenvalue weighted by Gasteiger charge is 2.10. The molecule has 0 fully saturated rings. The van der Waals surface area contributed by atoms with Gasteiger partial charge in [-0.3, -0.25) is 0 Å². The molecule has 0 bridgehead atoms. The lowest BCUT2D eigenvalue weighted by molar-refractivity contribution is 0.262. The second-order valence-corrected chi connectivity index (χ2v) is 6.46. The molecule has 2 aromatic carbocycles. The number of hydrogen-bond acceptors (Lipinski definition) is 4. The highest BCUT2D eigenvalue weighted by atomic mass is 32.1. The monoisotopic (exact) mass is 364 g/mol. The Morgan fingerprint density at radius 1 is 1.00 bits per heavy atom. The number of carbonyl (C=O) groups excluding carboxylic acids is 1. The van der Waals surface area contributed by atoms with E-state index in [1.807, 2.05) is 30.3 Å². The minimum absolute atomic E-state index is 0.124. The minimum Gasteiger partial charge on any atom is -0.308 e. The predicted molar refractivity (Wildman–Crippen MR) is 102 cm³/mol. The van der Waals surface area contributed by atoms with Crippen LogP contribution in [0.1, 0.15) is 0 Å². The number of amides is 2. The number of pyridine rings is 1. The van der Waals surface area contributed by atoms with Crippen LogP contribution in [0, 0.1) is 5.82 Å². The lowest BCUT2D eigenvalue weighted by atomic mass is 10.2. The van der Waals surface area contributed by atoms with E-state index in [0.29, 0.717) is 5.69 Å². The number of halogens is 1. The van der Waals surface area contributed by atoms with Crippen LogP contribution in [0.2, 0.25) is 0 Å². The maximum Gasteiger partial charge on any atom is 0.323 e. The number of rotatable bonds is 3. The fraction of sp³-hybridized carbons (Fsp3) is 0. The van der Waals surface area contributed by atoms with Crippen LogP contribution in [0.15, 0.2) is 66.9 Å². The van der Waals surface area contributed by atoms with Crippen molar-refractivity contribution in [1.82, 2.24) is 9.97 Å². The maximum atomic E-state index is 13.6. The van der Waals surface area contributed by atoms with E-state index in [0.717, 1.165) is 20.9 Å². The SMILES string of the molecule is O=C(Nc1cccc(-c2nc3cccnc3s2)c1)Nc1ccccc1F. The van der Waals surface area contributed by atoms with Crippen LogP contribution >= 0.6 is 11.3 Å². The number of hydrogen-bond donors (Lipinski definition) is 2. The summed E-state index contributed by atoms with van der Waals surface area (Å²) < 4.78 is 13.6. The third-order valence-electron chi connectivity index (χ3n) is 3.66. The van der Waals surface area contributed by atoms with E-state index >= 15 is 0 Å². The first kappa shape index (κ1) is 16.2. The highest BCUT2D eigenvalue weighted by molar-refractivity contribution is 7.21. The van der Waals surface area contributed by atoms with E-state index in [1.54, 1.807) is 24.4 Å². The Morgan fingerprint density at radius 2 is 1.88 bits per heavy atom. The summed E-state index contributed by atoms with van der Waals surface area (Å²) in [6.45, 7) is 0. The van der Waals surface area contributed by atoms with E-state index in [-0.39, 0.29) is 5.69 Å². The molecule has 0 aliphatic rings. The van der Waals surface area contributed by atoms with Crippen molar-refractivity contribution in [1.29, 1.82) is 0 Å². The standard InChI is InChI=1S/C19H13FN4OS/c20-14-7-1-2-8-15(14)24-19(25)22-13-6-3-5-12(11-13)17-23-16-9-4-10-21-18(16)26-17/h1-11H,(H2,22,24,25). The van der Waals surface area contributed by atoms with Gasteiger partial charge in [0, 0.05) is 17.4 Å². The minimum atomic E-state index is -0.516. The molecule has 7 heteroatoms. The van der Waals surface area contributed by atoms with Gasteiger partial charge in [-0.1, -0.05) is 35.6 Å². The fourth-order valence-corrected chi connectivity index (χ4v) is 3.37. The molecule has 0 radical (unpaired) electrons. The number of para-hydroxylation sites is 1. The number of nitrogens with one attached hydrogen (secondary N) is 2. The molecule has 2 N–H and O–H groups in total. The van der Waals surface area contributed by atoms with Crippen LogP contribution < -0.4 is 10.6 Å². The quantitative estimate of drug-likeness (QED) is 0.529. The van der Waals surface area contributed by atoms with Gasteiger partial charge in [0.1, 0.15) is 21.2 Å². The zero-order valence-corrected chi connectivity index (χ0v) is 14.3. The third-order valence-corrected chi connectivity index (χ3v) is 4.68. The van der Waals surface area contributed by atoms with Crippen molar-refractivity contribution in [2.24, 2.45) is 0 Å². The summed E-state index contributed by atoms with van der Waals surface area (Å²) in [5, 5.41) is 6.01. The molecule has 0 aliphatic heterocycles. The van der Waals surface area contributed by atoms with Crippen molar-refractivity contribution in [2.75, 3.05) is 10.6 Å². The van der Waals surface area contributed by atoms with Crippen LogP contribution in [0.25, 0.3) is 20.9 Å². The maximum absolute atomic E-state index is 13.6. The molecule has 128 valence electrons. The van der Waals surface area contributed by atoms with Crippen molar-refractivity contribution < 1.29 is 9.18 Å². The van der Waals surface area contributed by atoms with Crippen molar-refractivity contribution >= 4 is 39.1 Å². The molecular weight excluding hydrogens is 351 g/mol. The van der Waals surface area contributed by atoms with Gasteiger partial charge in [-0.15, -0.1) is 0 Å². The van der Waals surface area contributed by atoms with E-state index < -0.39 is 11.8 Å². The molecule has 0 atom stereocenters. The summed E-state index contributed by atoms with van der Waals surface area (Å²) in [4.78, 5) is 21.8. The van der Waals surface area contributed by atoms with Crippen molar-refractivity contribution in [3.8, 4) is 10.6 Å². The largest absolute Gasteiger partial charge is 0.323 e. The Morgan fingerprint density at radius 3 is 2.73 bits per heavy atom. The predicted octanol–water partition coefficient (Wildman–Crippen LogP) is 5.14. The average molecular weight is 364 g/mol. The van der Waals surface area contributed by atoms with E-state index in [2.05, 4.69) is 20.6 Å². The van der Waals surface area contributed by atoms with E-state index in [4.69, 9.17) is 0 Å². The second-order valence-electron chi connectivity index (χ2n) is 5.49. The van der Waals surface area contributed by atoms with Crippen LogP contribution in [0.3, 0.4) is 0 Å². The Labute approximate surface area is 152 Å². The van der Waals surface area contributed by atoms with Gasteiger partial charge in [-0.2, -0.15) is 0 Å². The van der Waals surface area contributed by atoms with Gasteiger partial charge in [-0.05, 0) is 36.4 Å². The molecule has 2 heterocycles. The Bertz CT molecular complexity index is 1060. The van der Waals surface area contributed by atoms with Crippen LogP contribution in [0.4, 0.5) is 20.6 Å². The molecule has 26 heavy (non-hydrogen) atoms. The van der Waals surface area contributed by atoms with Crippen molar-refractivity contribution in [3.63, 3.8) is 0 Å². The summed E-state index contributed by atoms with van der Waals surface area (Å²) in [7, 11) is 0. The molecule has 0 saturated heterocycles. The first-order valence-corrected chi connectivity index (χ1v) is 8.65. The summed E-state index contributed by atoms with van der Waals surface area (Å²) in [5.74, 6) is -0.488. The molecular formula is C19H13FN4OS. The van der Waals surface area contributed by atoms with Gasteiger partial charge in [0.15, 0.2) is 0 Å². The first-order valence-electron chi connectivity index (χ1n) is 7.83. The van der Waals surface area contributed by atoms with Gasteiger partial charge in [0.2, 0.25) is 0 Å². The van der Waals surface area contributed by atoms with Gasteiger partial charge >= 0.3 is 6.03 Å². The Balaban J connectivity index is 1.54. The van der Waals surface area contributed by atoms with Gasteiger partial charge < -0.3 is 10.6 Å². The second kappa shape index (κ2) is 6.89. The van der Waals surface area contributed by atoms with Crippen LogP contribution in [-0.2, 0) is 0 Å². The first-order chi connectivity index (χ1) is 12.7. The van der Waals surface area contributed by atoms with E-state index in [1.165, 1.54) is 23.5 Å². The number of carbonyl (C=O) groups is 1. The number of urea groups is 1. The van der Waals surface area contributed by atoms with Crippen molar-refractivity contribution in [3.05, 3.63) is 72.7 Å². The molecule has 5 nitrogen and oxygen atoms in total. The summed E-state index contributed by atoms with van der Waals surface area (Å²) in [6.07, 6.45) is 1.73. The number of anilines is 2. The third kappa shape index (κ3) is 3.38. The molecule has 4 aromatic rings. The summed E-state index contributed by atoms with van der Waals surface area (Å²) in [6, 6.07) is 16.6. The number of fused-ring (bicyclic) bond motifs is 1. The molecule has 0 spiro atoms. The molecule has 4 rings (SSSR count). The van der Waals surface area contributed by atoms with E-state index in [9.17, 15) is 9.18 Å². The summed E-state index contributed by atoms with van der Waals surface area (Å²) in [5.41, 5.74) is 2.42. The average Bonchev–Trinajstić information content (AvgIpc) is 3.08. The number of thiazole rings is 1. The van der Waals surface area contributed by atoms with Gasteiger partial charge in [0.05, 0.1) is 5.69 Å². The Hall–Kier alpha value is -3.32. The molecule has 0 saturated carbocycles. The van der Waals surface area contributed by atoms with Crippen LogP contribution in [0.5, 0.6) is 0 Å².